The first kappa shape index (κ1) is 14.5. The summed E-state index contributed by atoms with van der Waals surface area (Å²) < 4.78 is 0. The van der Waals surface area contributed by atoms with Crippen molar-refractivity contribution in [1.82, 2.24) is 0 Å². The number of nitro groups is 1. The van der Waals surface area contributed by atoms with Crippen LogP contribution in [0.25, 0.3) is 0 Å². The molecule has 20 heavy (non-hydrogen) atoms. The molecule has 1 aromatic rings. The monoisotopic (exact) mass is 278 g/mol. The van der Waals surface area contributed by atoms with Gasteiger partial charge in [-0.15, -0.1) is 0 Å². The third kappa shape index (κ3) is 2.96. The van der Waals surface area contributed by atoms with Crippen LogP contribution in [-0.4, -0.2) is 35.5 Å². The average molecular weight is 278 g/mol. The molecule has 1 heterocycles. The molecule has 1 aliphatic heterocycles. The number of rotatable bonds is 5. The number of hydrogen-bond donors (Lipinski definition) is 1. The van der Waals surface area contributed by atoms with E-state index in [1.807, 2.05) is 0 Å². The van der Waals surface area contributed by atoms with Crippen LogP contribution in [-0.2, 0) is 0 Å². The maximum atomic E-state index is 11.4. The van der Waals surface area contributed by atoms with Gasteiger partial charge in [-0.2, -0.15) is 0 Å². The van der Waals surface area contributed by atoms with Crippen molar-refractivity contribution in [3.8, 4) is 0 Å². The van der Waals surface area contributed by atoms with Crippen LogP contribution in [0.2, 0.25) is 0 Å². The molecule has 0 aliphatic carbocycles. The third-order valence-electron chi connectivity index (χ3n) is 3.75. The molecule has 0 radical (unpaired) electrons. The number of anilines is 1. The molecule has 1 aliphatic rings. The Hall–Kier alpha value is -1.95. The minimum absolute atomic E-state index is 0.138. The van der Waals surface area contributed by atoms with Gasteiger partial charge in [-0.1, -0.05) is 0 Å². The van der Waals surface area contributed by atoms with Crippen molar-refractivity contribution in [1.29, 1.82) is 0 Å². The Morgan fingerprint density at radius 1 is 1.55 bits per heavy atom. The Morgan fingerprint density at radius 3 is 2.90 bits per heavy atom. The van der Waals surface area contributed by atoms with Gasteiger partial charge in [0.2, 0.25) is 0 Å². The number of ketones is 1. The summed E-state index contributed by atoms with van der Waals surface area (Å²) in [7, 11) is 0. The molecule has 0 amide bonds. The maximum Gasteiger partial charge on any atom is 0.282 e. The van der Waals surface area contributed by atoms with Gasteiger partial charge in [0.25, 0.3) is 5.69 Å². The highest BCUT2D eigenvalue weighted by Crippen LogP contribution is 2.30. The van der Waals surface area contributed by atoms with Gasteiger partial charge >= 0.3 is 0 Å². The molecule has 0 aromatic heterocycles. The van der Waals surface area contributed by atoms with Gasteiger partial charge in [-0.25, -0.2) is 0 Å². The largest absolute Gasteiger partial charge is 0.396 e. The second kappa shape index (κ2) is 6.00. The van der Waals surface area contributed by atoms with Crippen LogP contribution in [0.3, 0.4) is 0 Å². The SMILES string of the molecule is CC(=O)c1ccc(N2CCC(CCO)C2)cc1[N+](=O)[O-]. The molecule has 0 bridgehead atoms. The van der Waals surface area contributed by atoms with E-state index >= 15 is 0 Å². The zero-order valence-corrected chi connectivity index (χ0v) is 11.4. The predicted octanol–water partition coefficient (Wildman–Crippen LogP) is 2.01. The lowest BCUT2D eigenvalue weighted by molar-refractivity contribution is -0.385. The highest BCUT2D eigenvalue weighted by molar-refractivity contribution is 5.98. The Balaban J connectivity index is 2.24. The van der Waals surface area contributed by atoms with Gasteiger partial charge in [0.15, 0.2) is 5.78 Å². The number of benzene rings is 1. The van der Waals surface area contributed by atoms with Crippen molar-refractivity contribution < 1.29 is 14.8 Å². The summed E-state index contributed by atoms with van der Waals surface area (Å²) in [6.07, 6.45) is 1.73. The summed E-state index contributed by atoms with van der Waals surface area (Å²) in [5, 5.41) is 20.0. The Kier molecular flexibility index (Phi) is 4.34. The number of nitrogens with zero attached hydrogens (tertiary/aromatic N) is 2. The first-order valence-electron chi connectivity index (χ1n) is 6.68. The number of carbonyl (C=O) groups excluding carboxylic acids is 1. The lowest BCUT2D eigenvalue weighted by Crippen LogP contribution is -2.20. The highest BCUT2D eigenvalue weighted by atomic mass is 16.6. The maximum absolute atomic E-state index is 11.4. The molecule has 1 unspecified atom stereocenters. The molecular weight excluding hydrogens is 260 g/mol. The Bertz CT molecular complexity index is 530. The van der Waals surface area contributed by atoms with Gasteiger partial charge < -0.3 is 10.0 Å². The molecule has 1 aromatic carbocycles. The summed E-state index contributed by atoms with van der Waals surface area (Å²) in [5.41, 5.74) is 0.771. The van der Waals surface area contributed by atoms with Crippen LogP contribution in [0.15, 0.2) is 18.2 Å². The molecule has 1 fully saturated rings. The van der Waals surface area contributed by atoms with Crippen LogP contribution in [0.5, 0.6) is 0 Å². The molecule has 0 saturated carbocycles. The average Bonchev–Trinajstić information content (AvgIpc) is 2.87. The molecular formula is C14H18N2O4. The molecule has 1 saturated heterocycles. The lowest BCUT2D eigenvalue weighted by Gasteiger charge is -2.18. The van der Waals surface area contributed by atoms with Crippen LogP contribution in [0.1, 0.15) is 30.1 Å². The zero-order chi connectivity index (χ0) is 14.7. The third-order valence-corrected chi connectivity index (χ3v) is 3.75. The number of hydrogen-bond acceptors (Lipinski definition) is 5. The lowest BCUT2D eigenvalue weighted by atomic mass is 10.1. The summed E-state index contributed by atoms with van der Waals surface area (Å²) >= 11 is 0. The topological polar surface area (TPSA) is 83.7 Å². The molecule has 1 atom stereocenters. The molecule has 1 N–H and O–H groups in total. The van der Waals surface area contributed by atoms with Crippen LogP contribution < -0.4 is 4.90 Å². The van der Waals surface area contributed by atoms with Crippen molar-refractivity contribution in [3.05, 3.63) is 33.9 Å². The van der Waals surface area contributed by atoms with Crippen molar-refractivity contribution in [2.45, 2.75) is 19.8 Å². The second-order valence-corrected chi connectivity index (χ2v) is 5.13. The summed E-state index contributed by atoms with van der Waals surface area (Å²) in [4.78, 5) is 24.0. The van der Waals surface area contributed by atoms with E-state index in [1.54, 1.807) is 6.07 Å². The normalized spacial score (nSPS) is 18.3. The summed E-state index contributed by atoms with van der Waals surface area (Å²) in [6, 6.07) is 4.75. The van der Waals surface area contributed by atoms with Gasteiger partial charge in [0.1, 0.15) is 0 Å². The van der Waals surface area contributed by atoms with E-state index in [4.69, 9.17) is 5.11 Å². The molecule has 6 heteroatoms. The smallest absolute Gasteiger partial charge is 0.282 e. The minimum atomic E-state index is -0.512. The van der Waals surface area contributed by atoms with Crippen molar-refractivity contribution in [3.63, 3.8) is 0 Å². The molecule has 2 rings (SSSR count). The van der Waals surface area contributed by atoms with Gasteiger partial charge in [0.05, 0.1) is 10.5 Å². The van der Waals surface area contributed by atoms with Crippen molar-refractivity contribution >= 4 is 17.2 Å². The van der Waals surface area contributed by atoms with Crippen LogP contribution >= 0.6 is 0 Å². The van der Waals surface area contributed by atoms with Crippen LogP contribution in [0, 0.1) is 16.0 Å². The summed E-state index contributed by atoms with van der Waals surface area (Å²) in [5.74, 6) is 0.120. The van der Waals surface area contributed by atoms with Gasteiger partial charge in [0, 0.05) is 31.5 Å². The Labute approximate surface area is 117 Å². The number of carbonyl (C=O) groups is 1. The standard InChI is InChI=1S/C14H18N2O4/c1-10(18)13-3-2-12(8-14(13)16(19)20)15-6-4-11(9-15)5-7-17/h2-3,8,11,17H,4-7,9H2,1H3. The zero-order valence-electron chi connectivity index (χ0n) is 11.4. The highest BCUT2D eigenvalue weighted by Gasteiger charge is 2.25. The van der Waals surface area contributed by atoms with E-state index in [0.717, 1.165) is 31.6 Å². The first-order chi connectivity index (χ1) is 9.52. The van der Waals surface area contributed by atoms with E-state index in [1.165, 1.54) is 19.1 Å². The fraction of sp³-hybridized carbons (Fsp3) is 0.500. The van der Waals surface area contributed by atoms with E-state index in [2.05, 4.69) is 4.90 Å². The van der Waals surface area contributed by atoms with Gasteiger partial charge in [-0.3, -0.25) is 14.9 Å². The number of Topliss-reactive ketones (excluding diaryl/α,β-unsaturated/α-hetero) is 1. The number of aliphatic hydroxyl groups excluding tert-OH is 1. The van der Waals surface area contributed by atoms with E-state index < -0.39 is 4.92 Å². The van der Waals surface area contributed by atoms with Crippen molar-refractivity contribution in [2.75, 3.05) is 24.6 Å². The van der Waals surface area contributed by atoms with Gasteiger partial charge in [-0.05, 0) is 37.8 Å². The predicted molar refractivity (Wildman–Crippen MR) is 75.1 cm³/mol. The fourth-order valence-corrected chi connectivity index (χ4v) is 2.65. The Morgan fingerprint density at radius 2 is 2.30 bits per heavy atom. The first-order valence-corrected chi connectivity index (χ1v) is 6.68. The minimum Gasteiger partial charge on any atom is -0.396 e. The second-order valence-electron chi connectivity index (χ2n) is 5.13. The molecule has 0 spiro atoms. The van der Waals surface area contributed by atoms with E-state index in [0.29, 0.717) is 5.92 Å². The van der Waals surface area contributed by atoms with E-state index in [9.17, 15) is 14.9 Å². The number of nitro benzene ring substituents is 1. The molecule has 108 valence electrons. The number of aliphatic hydroxyl groups is 1. The quantitative estimate of drug-likeness (QED) is 0.506. The fourth-order valence-electron chi connectivity index (χ4n) is 2.65. The molecule has 6 nitrogen and oxygen atoms in total. The summed E-state index contributed by atoms with van der Waals surface area (Å²) in [6.45, 7) is 3.11. The van der Waals surface area contributed by atoms with E-state index in [-0.39, 0.29) is 23.6 Å². The van der Waals surface area contributed by atoms with Crippen molar-refractivity contribution in [2.24, 2.45) is 5.92 Å². The van der Waals surface area contributed by atoms with Crippen LogP contribution in [0.4, 0.5) is 11.4 Å².